The number of hydrogen-bond acceptors (Lipinski definition) is 2. The molecule has 0 rings (SSSR count). The van der Waals surface area contributed by atoms with Crippen molar-refractivity contribution in [2.45, 2.75) is 6.92 Å². The molecule has 0 aliphatic heterocycles. The van der Waals surface area contributed by atoms with Crippen LogP contribution in [0.4, 0.5) is 0 Å². The molecule has 9 heavy (non-hydrogen) atoms. The summed E-state index contributed by atoms with van der Waals surface area (Å²) in [4.78, 5) is 0. The van der Waals surface area contributed by atoms with Crippen LogP contribution in [-0.4, -0.2) is 18.8 Å². The van der Waals surface area contributed by atoms with Gasteiger partial charge in [0.25, 0.3) is 0 Å². The van der Waals surface area contributed by atoms with Crippen LogP contribution in [-0.2, 0) is 25.3 Å². The second-order valence-corrected chi connectivity index (χ2v) is 1.93. The Balaban J connectivity index is 3.97. The van der Waals surface area contributed by atoms with Crippen LogP contribution < -0.4 is 0 Å². The van der Waals surface area contributed by atoms with Crippen LogP contribution >= 0.6 is 0 Å². The molecule has 0 N–H and O–H groups in total. The SMILES string of the molecule is C/C=C(\OC)[C](=[Cr])OC. The molecular formula is C6H10CrO2. The van der Waals surface area contributed by atoms with Crippen LogP contribution in [0.3, 0.4) is 0 Å². The van der Waals surface area contributed by atoms with Gasteiger partial charge in [-0.15, -0.1) is 0 Å². The van der Waals surface area contributed by atoms with Crippen LogP contribution in [0, 0.1) is 0 Å². The number of rotatable bonds is 3. The van der Waals surface area contributed by atoms with Gasteiger partial charge in [-0.3, -0.25) is 0 Å². The fraction of sp³-hybridized carbons (Fsp3) is 0.500. The molecule has 0 fully saturated rings. The van der Waals surface area contributed by atoms with Crippen molar-refractivity contribution in [3.63, 3.8) is 0 Å². The first kappa shape index (κ1) is 8.90. The van der Waals surface area contributed by atoms with Gasteiger partial charge in [0.15, 0.2) is 0 Å². The van der Waals surface area contributed by atoms with Crippen LogP contribution in [0.2, 0.25) is 0 Å². The summed E-state index contributed by atoms with van der Waals surface area (Å²) in [5.41, 5.74) is 0. The molecular weight excluding hydrogens is 156 g/mol. The number of methoxy groups -OCH3 is 2. The van der Waals surface area contributed by atoms with Crippen LogP contribution in [0.1, 0.15) is 6.92 Å². The van der Waals surface area contributed by atoms with Crippen molar-refractivity contribution >= 4 is 4.57 Å². The van der Waals surface area contributed by atoms with E-state index in [0.29, 0.717) is 4.57 Å². The average molecular weight is 166 g/mol. The molecule has 0 aromatic rings. The van der Waals surface area contributed by atoms with Gasteiger partial charge in [-0.25, -0.2) is 0 Å². The fourth-order valence-corrected chi connectivity index (χ4v) is 0.734. The van der Waals surface area contributed by atoms with E-state index in [-0.39, 0.29) is 0 Å². The summed E-state index contributed by atoms with van der Waals surface area (Å²) in [6.45, 7) is 1.88. The molecule has 0 heterocycles. The molecule has 0 radical (unpaired) electrons. The van der Waals surface area contributed by atoms with Gasteiger partial charge in [0.05, 0.1) is 0 Å². The van der Waals surface area contributed by atoms with Gasteiger partial charge in [0.1, 0.15) is 0 Å². The molecule has 0 aliphatic carbocycles. The maximum absolute atomic E-state index is 4.92. The molecule has 0 atom stereocenters. The summed E-state index contributed by atoms with van der Waals surface area (Å²) in [6, 6.07) is 0. The van der Waals surface area contributed by atoms with E-state index in [1.54, 1.807) is 14.2 Å². The van der Waals surface area contributed by atoms with Crippen molar-refractivity contribution in [2.24, 2.45) is 0 Å². The Morgan fingerprint density at radius 1 is 1.33 bits per heavy atom. The van der Waals surface area contributed by atoms with Gasteiger partial charge in [-0.1, -0.05) is 0 Å². The van der Waals surface area contributed by atoms with Gasteiger partial charge < -0.3 is 0 Å². The zero-order chi connectivity index (χ0) is 7.28. The number of hydrogen-bond donors (Lipinski definition) is 0. The van der Waals surface area contributed by atoms with E-state index < -0.39 is 0 Å². The summed E-state index contributed by atoms with van der Waals surface area (Å²) >= 11 is 2.73. The third-order valence-corrected chi connectivity index (χ3v) is 1.44. The Hall–Kier alpha value is -0.0975. The van der Waals surface area contributed by atoms with Crippen molar-refractivity contribution in [1.82, 2.24) is 0 Å². The number of allylic oxidation sites excluding steroid dienone is 1. The Morgan fingerprint density at radius 3 is 2.00 bits per heavy atom. The van der Waals surface area contributed by atoms with Gasteiger partial charge >= 0.3 is 62.9 Å². The van der Waals surface area contributed by atoms with E-state index >= 15 is 0 Å². The summed E-state index contributed by atoms with van der Waals surface area (Å²) in [6.07, 6.45) is 1.83. The van der Waals surface area contributed by atoms with E-state index in [2.05, 4.69) is 15.9 Å². The molecule has 0 unspecified atom stereocenters. The molecule has 0 spiro atoms. The zero-order valence-electron chi connectivity index (χ0n) is 5.80. The van der Waals surface area contributed by atoms with Crippen LogP contribution in [0.15, 0.2) is 11.8 Å². The summed E-state index contributed by atoms with van der Waals surface area (Å²) < 4.78 is 10.5. The quantitative estimate of drug-likeness (QED) is 0.579. The second kappa shape index (κ2) is 4.75. The third kappa shape index (κ3) is 2.81. The molecule has 52 valence electrons. The maximum atomic E-state index is 4.92. The van der Waals surface area contributed by atoms with E-state index in [1.807, 2.05) is 13.0 Å². The van der Waals surface area contributed by atoms with Crippen molar-refractivity contribution in [3.8, 4) is 0 Å². The fourth-order valence-electron chi connectivity index (χ4n) is 0.420. The summed E-state index contributed by atoms with van der Waals surface area (Å²) in [5, 5.41) is 0. The van der Waals surface area contributed by atoms with E-state index in [4.69, 9.17) is 9.47 Å². The minimum atomic E-state index is 0.681. The molecule has 0 amide bonds. The first-order chi connectivity index (χ1) is 4.26. The Kier molecular flexibility index (Phi) is 4.70. The standard InChI is InChI=1S/C6H10O2.Cr/c1-4-6(8-3)5-7-2;/h4H,1-3H3;/b6-4-;. The Morgan fingerprint density at radius 2 is 1.89 bits per heavy atom. The molecule has 0 aromatic carbocycles. The molecule has 0 aliphatic rings. The normalized spacial score (nSPS) is 11.2. The van der Waals surface area contributed by atoms with Gasteiger partial charge in [0, 0.05) is 0 Å². The molecule has 0 aromatic heterocycles. The van der Waals surface area contributed by atoms with Crippen molar-refractivity contribution in [2.75, 3.05) is 14.2 Å². The average Bonchev–Trinajstić information content (AvgIpc) is 1.90. The number of ether oxygens (including phenoxy) is 2. The van der Waals surface area contributed by atoms with Crippen molar-refractivity contribution in [1.29, 1.82) is 0 Å². The summed E-state index contributed by atoms with van der Waals surface area (Å²) in [5.74, 6) is 0.734. The van der Waals surface area contributed by atoms with Gasteiger partial charge in [0.2, 0.25) is 0 Å². The summed E-state index contributed by atoms with van der Waals surface area (Å²) in [7, 11) is 3.19. The van der Waals surface area contributed by atoms with Crippen molar-refractivity contribution < 1.29 is 25.3 Å². The molecule has 3 heteroatoms. The van der Waals surface area contributed by atoms with E-state index in [9.17, 15) is 0 Å². The van der Waals surface area contributed by atoms with Gasteiger partial charge in [-0.05, 0) is 0 Å². The van der Waals surface area contributed by atoms with E-state index in [0.717, 1.165) is 5.76 Å². The van der Waals surface area contributed by atoms with E-state index in [1.165, 1.54) is 0 Å². The van der Waals surface area contributed by atoms with Crippen molar-refractivity contribution in [3.05, 3.63) is 11.8 Å². The second-order valence-electron chi connectivity index (χ2n) is 1.35. The Bertz CT molecular complexity index is 129. The van der Waals surface area contributed by atoms with Gasteiger partial charge in [-0.2, -0.15) is 0 Å². The zero-order valence-corrected chi connectivity index (χ0v) is 7.08. The minimum absolute atomic E-state index is 0.681. The predicted molar refractivity (Wildman–Crippen MR) is 32.8 cm³/mol. The molecule has 0 saturated heterocycles. The monoisotopic (exact) mass is 166 g/mol. The predicted octanol–water partition coefficient (Wildman–Crippen LogP) is 0.860. The molecule has 0 saturated carbocycles. The first-order valence-corrected chi connectivity index (χ1v) is 3.18. The molecule has 2 nitrogen and oxygen atoms in total. The van der Waals surface area contributed by atoms with Crippen LogP contribution in [0.25, 0.3) is 0 Å². The molecule has 0 bridgehead atoms. The van der Waals surface area contributed by atoms with Crippen LogP contribution in [0.5, 0.6) is 0 Å². The topological polar surface area (TPSA) is 18.5 Å². The Labute approximate surface area is 63.4 Å². The third-order valence-electron chi connectivity index (χ3n) is 0.869. The first-order valence-electron chi connectivity index (χ1n) is 2.54.